The average molecular weight is 412 g/mol. The number of halogens is 2. The number of thiocarbonyl (C=S) groups is 1. The van der Waals surface area contributed by atoms with Crippen LogP contribution < -0.4 is 25.6 Å². The van der Waals surface area contributed by atoms with Crippen LogP contribution in [0.25, 0.3) is 0 Å². The van der Waals surface area contributed by atoms with E-state index in [9.17, 15) is 9.18 Å². The Labute approximate surface area is 167 Å². The summed E-state index contributed by atoms with van der Waals surface area (Å²) >= 11 is 11.2. The smallest absolute Gasteiger partial charge is 0.269 e. The predicted molar refractivity (Wildman–Crippen MR) is 107 cm³/mol. The molecule has 144 valence electrons. The molecule has 27 heavy (non-hydrogen) atoms. The van der Waals surface area contributed by atoms with Gasteiger partial charge in [0.05, 0.1) is 24.4 Å². The third-order valence-electron chi connectivity index (χ3n) is 3.35. The Kier molecular flexibility index (Phi) is 7.63. The SMILES string of the molecule is CCCOc1c(Cl)cc(C(=O)NNC(=S)Nc2ccccc2F)cc1OC. The third kappa shape index (κ3) is 5.70. The van der Waals surface area contributed by atoms with E-state index >= 15 is 0 Å². The molecule has 9 heteroatoms. The number of nitrogens with one attached hydrogen (secondary N) is 3. The maximum absolute atomic E-state index is 13.6. The van der Waals surface area contributed by atoms with Crippen LogP contribution in [-0.2, 0) is 0 Å². The van der Waals surface area contributed by atoms with Crippen LogP contribution in [0.1, 0.15) is 23.7 Å². The van der Waals surface area contributed by atoms with E-state index in [1.165, 1.54) is 31.4 Å². The fourth-order valence-electron chi connectivity index (χ4n) is 2.10. The largest absolute Gasteiger partial charge is 0.493 e. The topological polar surface area (TPSA) is 71.6 Å². The molecule has 2 aromatic rings. The lowest BCUT2D eigenvalue weighted by atomic mass is 10.2. The maximum atomic E-state index is 13.6. The van der Waals surface area contributed by atoms with Gasteiger partial charge in [0.25, 0.3) is 5.91 Å². The molecule has 0 radical (unpaired) electrons. The fourth-order valence-corrected chi connectivity index (χ4v) is 2.52. The first-order chi connectivity index (χ1) is 13.0. The molecular weight excluding hydrogens is 393 g/mol. The van der Waals surface area contributed by atoms with Crippen molar-refractivity contribution in [3.05, 3.63) is 52.8 Å². The lowest BCUT2D eigenvalue weighted by Gasteiger charge is -2.15. The zero-order valence-corrected chi connectivity index (χ0v) is 16.3. The highest BCUT2D eigenvalue weighted by Crippen LogP contribution is 2.36. The van der Waals surface area contributed by atoms with E-state index in [1.54, 1.807) is 12.1 Å². The number of methoxy groups -OCH3 is 1. The van der Waals surface area contributed by atoms with Gasteiger partial charge in [0.1, 0.15) is 5.82 Å². The Balaban J connectivity index is 2.02. The van der Waals surface area contributed by atoms with Crippen LogP contribution in [0.2, 0.25) is 5.02 Å². The van der Waals surface area contributed by atoms with Crippen molar-refractivity contribution in [1.82, 2.24) is 10.9 Å². The van der Waals surface area contributed by atoms with E-state index in [0.717, 1.165) is 6.42 Å². The van der Waals surface area contributed by atoms with Crippen LogP contribution in [0.3, 0.4) is 0 Å². The molecule has 2 rings (SSSR count). The van der Waals surface area contributed by atoms with E-state index in [1.807, 2.05) is 6.92 Å². The van der Waals surface area contributed by atoms with Gasteiger partial charge < -0.3 is 14.8 Å². The number of anilines is 1. The highest BCUT2D eigenvalue weighted by atomic mass is 35.5. The number of benzene rings is 2. The highest BCUT2D eigenvalue weighted by Gasteiger charge is 2.16. The number of amides is 1. The van der Waals surface area contributed by atoms with Crippen molar-refractivity contribution in [2.45, 2.75) is 13.3 Å². The average Bonchev–Trinajstić information content (AvgIpc) is 2.66. The summed E-state index contributed by atoms with van der Waals surface area (Å²) in [4.78, 5) is 12.3. The Morgan fingerprint density at radius 2 is 2.00 bits per heavy atom. The van der Waals surface area contributed by atoms with Gasteiger partial charge in [-0.3, -0.25) is 15.6 Å². The first-order valence-corrected chi connectivity index (χ1v) is 8.87. The number of para-hydroxylation sites is 1. The number of hydrogen-bond donors (Lipinski definition) is 3. The van der Waals surface area contributed by atoms with Gasteiger partial charge in [-0.15, -0.1) is 0 Å². The van der Waals surface area contributed by atoms with Crippen LogP contribution in [0.5, 0.6) is 11.5 Å². The molecule has 0 unspecified atom stereocenters. The second-order valence-corrected chi connectivity index (χ2v) is 6.17. The summed E-state index contributed by atoms with van der Waals surface area (Å²) in [7, 11) is 1.46. The number of carbonyl (C=O) groups is 1. The van der Waals surface area contributed by atoms with Gasteiger partial charge in [-0.05, 0) is 42.9 Å². The van der Waals surface area contributed by atoms with Crippen LogP contribution in [-0.4, -0.2) is 24.7 Å². The lowest BCUT2D eigenvalue weighted by molar-refractivity contribution is 0.0943. The molecule has 0 aliphatic rings. The van der Waals surface area contributed by atoms with Crippen LogP contribution in [0.15, 0.2) is 36.4 Å². The zero-order valence-electron chi connectivity index (χ0n) is 14.8. The molecule has 0 atom stereocenters. The number of hydrogen-bond acceptors (Lipinski definition) is 4. The van der Waals surface area contributed by atoms with Crippen molar-refractivity contribution < 1.29 is 18.7 Å². The van der Waals surface area contributed by atoms with Crippen LogP contribution in [0, 0.1) is 5.82 Å². The molecule has 3 N–H and O–H groups in total. The monoisotopic (exact) mass is 411 g/mol. The predicted octanol–water partition coefficient (Wildman–Crippen LogP) is 3.91. The van der Waals surface area contributed by atoms with Crippen molar-refractivity contribution in [2.24, 2.45) is 0 Å². The standard InChI is InChI=1S/C18H19ClFN3O3S/c1-3-8-26-16-12(19)9-11(10-15(16)25-2)17(24)22-23-18(27)21-14-7-5-4-6-13(14)20/h4-7,9-10H,3,8H2,1-2H3,(H,22,24)(H2,21,23,27). The minimum atomic E-state index is -0.505. The van der Waals surface area contributed by atoms with E-state index in [0.29, 0.717) is 18.1 Å². The lowest BCUT2D eigenvalue weighted by Crippen LogP contribution is -2.43. The number of rotatable bonds is 6. The zero-order chi connectivity index (χ0) is 19.8. The van der Waals surface area contributed by atoms with Gasteiger partial charge in [-0.1, -0.05) is 30.7 Å². The molecule has 0 saturated heterocycles. The van der Waals surface area contributed by atoms with E-state index in [-0.39, 0.29) is 21.4 Å². The van der Waals surface area contributed by atoms with Crippen LogP contribution in [0.4, 0.5) is 10.1 Å². The quantitative estimate of drug-likeness (QED) is 0.494. The van der Waals surface area contributed by atoms with Crippen molar-refractivity contribution in [1.29, 1.82) is 0 Å². The molecule has 0 aliphatic carbocycles. The van der Waals surface area contributed by atoms with E-state index < -0.39 is 11.7 Å². The first kappa shape index (κ1) is 20.7. The van der Waals surface area contributed by atoms with E-state index in [4.69, 9.17) is 33.3 Å². The molecule has 0 saturated carbocycles. The Hall–Kier alpha value is -2.58. The van der Waals surface area contributed by atoms with Crippen LogP contribution >= 0.6 is 23.8 Å². The Morgan fingerprint density at radius 1 is 1.26 bits per heavy atom. The normalized spacial score (nSPS) is 10.1. The van der Waals surface area contributed by atoms with Gasteiger partial charge >= 0.3 is 0 Å². The number of hydrazine groups is 1. The summed E-state index contributed by atoms with van der Waals surface area (Å²) in [5.41, 5.74) is 5.34. The van der Waals surface area contributed by atoms with Gasteiger partial charge in [-0.25, -0.2) is 4.39 Å². The summed E-state index contributed by atoms with van der Waals surface area (Å²) in [6.45, 7) is 2.44. The first-order valence-electron chi connectivity index (χ1n) is 8.08. The van der Waals surface area contributed by atoms with Gasteiger partial charge in [0, 0.05) is 5.56 Å². The summed E-state index contributed by atoms with van der Waals surface area (Å²) < 4.78 is 24.4. The molecule has 0 fully saturated rings. The minimum absolute atomic E-state index is 0.0226. The third-order valence-corrected chi connectivity index (χ3v) is 3.84. The second kappa shape index (κ2) is 9.94. The summed E-state index contributed by atoms with van der Waals surface area (Å²) in [5, 5.41) is 2.92. The Bertz CT molecular complexity index is 835. The molecule has 0 bridgehead atoms. The van der Waals surface area contributed by atoms with Crippen molar-refractivity contribution in [2.75, 3.05) is 19.0 Å². The maximum Gasteiger partial charge on any atom is 0.269 e. The molecule has 0 aromatic heterocycles. The van der Waals surface area contributed by atoms with Gasteiger partial charge in [-0.2, -0.15) is 0 Å². The molecular formula is C18H19ClFN3O3S. The summed E-state index contributed by atoms with van der Waals surface area (Å²) in [5.74, 6) is -0.252. The number of carbonyl (C=O) groups excluding carboxylic acids is 1. The molecule has 1 amide bonds. The molecule has 0 aliphatic heterocycles. The Morgan fingerprint density at radius 3 is 2.67 bits per heavy atom. The van der Waals surface area contributed by atoms with E-state index in [2.05, 4.69) is 16.2 Å². The second-order valence-electron chi connectivity index (χ2n) is 5.35. The van der Waals surface area contributed by atoms with Crippen molar-refractivity contribution in [3.63, 3.8) is 0 Å². The summed E-state index contributed by atoms with van der Waals surface area (Å²) in [6.07, 6.45) is 0.804. The van der Waals surface area contributed by atoms with Gasteiger partial charge in [0.15, 0.2) is 16.6 Å². The minimum Gasteiger partial charge on any atom is -0.493 e. The molecule has 0 spiro atoms. The highest BCUT2D eigenvalue weighted by molar-refractivity contribution is 7.80. The van der Waals surface area contributed by atoms with Crippen molar-refractivity contribution in [3.8, 4) is 11.5 Å². The van der Waals surface area contributed by atoms with Gasteiger partial charge in [0.2, 0.25) is 0 Å². The molecule has 6 nitrogen and oxygen atoms in total. The number of ether oxygens (including phenoxy) is 2. The fraction of sp³-hybridized carbons (Fsp3) is 0.222. The molecule has 2 aromatic carbocycles. The molecule has 0 heterocycles. The van der Waals surface area contributed by atoms with Crippen molar-refractivity contribution >= 4 is 40.5 Å². The summed E-state index contributed by atoms with van der Waals surface area (Å²) in [6, 6.07) is 8.98.